The number of imidazole rings is 1. The molecule has 4 heterocycles. The summed E-state index contributed by atoms with van der Waals surface area (Å²) in [5.41, 5.74) is 5.50. The lowest BCUT2D eigenvalue weighted by atomic mass is 10.0. The van der Waals surface area contributed by atoms with E-state index in [9.17, 15) is 0 Å². The van der Waals surface area contributed by atoms with Crippen LogP contribution in [0.25, 0.3) is 22.6 Å². The largest absolute Gasteiger partial charge is 0.493 e. The Labute approximate surface area is 166 Å². The molecule has 28 heavy (non-hydrogen) atoms. The zero-order chi connectivity index (χ0) is 19.1. The average Bonchev–Trinajstić information content (AvgIpc) is 3.43. The van der Waals surface area contributed by atoms with E-state index in [-0.39, 0.29) is 5.92 Å². The number of rotatable bonds is 4. The number of aryl methyl sites for hydroxylation is 1. The van der Waals surface area contributed by atoms with Gasteiger partial charge >= 0.3 is 0 Å². The molecule has 0 aliphatic carbocycles. The first kappa shape index (κ1) is 16.9. The van der Waals surface area contributed by atoms with Gasteiger partial charge in [-0.25, -0.2) is 4.98 Å². The van der Waals surface area contributed by atoms with Gasteiger partial charge in [0.05, 0.1) is 24.3 Å². The number of ether oxygens (including phenoxy) is 1. The molecule has 4 aromatic rings. The standard InChI is InChI=1S/C20H17ClN6O/c1-12-20(25-26-24-12)13-4-5-22-17(6-13)18-9-27(11-23-18)8-14-10-28-19-7-15(21)2-3-16(14)19/h2-7,9,11,14H,8,10H2,1H3,(H,24,25,26)/t14-/m0/s1. The van der Waals surface area contributed by atoms with E-state index in [0.29, 0.717) is 11.6 Å². The van der Waals surface area contributed by atoms with Crippen LogP contribution in [0.3, 0.4) is 0 Å². The van der Waals surface area contributed by atoms with E-state index in [1.807, 2.05) is 49.8 Å². The summed E-state index contributed by atoms with van der Waals surface area (Å²) >= 11 is 6.05. The molecule has 7 nitrogen and oxygen atoms in total. The topological polar surface area (TPSA) is 81.5 Å². The zero-order valence-corrected chi connectivity index (χ0v) is 15.9. The van der Waals surface area contributed by atoms with Crippen molar-refractivity contribution < 1.29 is 4.74 Å². The minimum Gasteiger partial charge on any atom is -0.493 e. The molecule has 140 valence electrons. The first-order chi connectivity index (χ1) is 13.7. The van der Waals surface area contributed by atoms with Gasteiger partial charge in [-0.15, -0.1) is 5.10 Å². The van der Waals surface area contributed by atoms with Gasteiger partial charge in [0.2, 0.25) is 0 Å². The number of halogens is 1. The van der Waals surface area contributed by atoms with E-state index in [0.717, 1.165) is 40.6 Å². The van der Waals surface area contributed by atoms with Crippen LogP contribution in [0, 0.1) is 6.92 Å². The second-order valence-electron chi connectivity index (χ2n) is 6.86. The molecule has 1 N–H and O–H groups in total. The molecule has 1 aliphatic rings. The number of aromatic nitrogens is 6. The Morgan fingerprint density at radius 2 is 2.14 bits per heavy atom. The maximum absolute atomic E-state index is 6.05. The zero-order valence-electron chi connectivity index (χ0n) is 15.1. The minimum atomic E-state index is 0.270. The average molecular weight is 393 g/mol. The Morgan fingerprint density at radius 1 is 1.21 bits per heavy atom. The van der Waals surface area contributed by atoms with E-state index in [1.54, 1.807) is 6.20 Å². The van der Waals surface area contributed by atoms with Crippen molar-refractivity contribution in [3.63, 3.8) is 0 Å². The number of hydrogen-bond donors (Lipinski definition) is 1. The van der Waals surface area contributed by atoms with Crippen LogP contribution >= 0.6 is 11.6 Å². The highest BCUT2D eigenvalue weighted by Crippen LogP contribution is 2.36. The molecule has 8 heteroatoms. The van der Waals surface area contributed by atoms with Crippen LogP contribution < -0.4 is 4.74 Å². The van der Waals surface area contributed by atoms with E-state index in [4.69, 9.17) is 16.3 Å². The van der Waals surface area contributed by atoms with E-state index < -0.39 is 0 Å². The van der Waals surface area contributed by atoms with Crippen molar-refractivity contribution in [2.45, 2.75) is 19.4 Å². The lowest BCUT2D eigenvalue weighted by molar-refractivity contribution is 0.319. The van der Waals surface area contributed by atoms with Gasteiger partial charge < -0.3 is 9.30 Å². The van der Waals surface area contributed by atoms with Crippen LogP contribution in [0.5, 0.6) is 5.75 Å². The highest BCUT2D eigenvalue weighted by atomic mass is 35.5. The third kappa shape index (κ3) is 3.03. The summed E-state index contributed by atoms with van der Waals surface area (Å²) in [6.07, 6.45) is 5.61. The van der Waals surface area contributed by atoms with Crippen LogP contribution in [-0.4, -0.2) is 36.6 Å². The van der Waals surface area contributed by atoms with Crippen LogP contribution in [0.4, 0.5) is 0 Å². The third-order valence-electron chi connectivity index (χ3n) is 4.94. The van der Waals surface area contributed by atoms with Gasteiger partial charge in [-0.05, 0) is 31.2 Å². The first-order valence-electron chi connectivity index (χ1n) is 8.96. The molecule has 0 fully saturated rings. The molecule has 0 bridgehead atoms. The van der Waals surface area contributed by atoms with Crippen molar-refractivity contribution in [1.82, 2.24) is 29.9 Å². The molecule has 5 rings (SSSR count). The molecule has 3 aromatic heterocycles. The number of nitrogens with one attached hydrogen (secondary N) is 1. The SMILES string of the molecule is Cc1[nH]nnc1-c1ccnc(-c2cn(C[C@H]3COc4cc(Cl)ccc43)cn2)c1. The number of nitrogens with zero attached hydrogens (tertiary/aromatic N) is 5. The number of H-pyrrole nitrogens is 1. The summed E-state index contributed by atoms with van der Waals surface area (Å²) in [4.78, 5) is 9.00. The molecule has 0 saturated carbocycles. The summed E-state index contributed by atoms with van der Waals surface area (Å²) in [7, 11) is 0. The fraction of sp³-hybridized carbons (Fsp3) is 0.200. The predicted molar refractivity (Wildman–Crippen MR) is 105 cm³/mol. The molecule has 0 amide bonds. The summed E-state index contributed by atoms with van der Waals surface area (Å²) in [6, 6.07) is 9.72. The van der Waals surface area contributed by atoms with Crippen molar-refractivity contribution in [3.8, 4) is 28.4 Å². The van der Waals surface area contributed by atoms with Crippen molar-refractivity contribution in [1.29, 1.82) is 0 Å². The lowest BCUT2D eigenvalue weighted by Gasteiger charge is -2.09. The quantitative estimate of drug-likeness (QED) is 0.570. The molecule has 0 saturated heterocycles. The highest BCUT2D eigenvalue weighted by Gasteiger charge is 2.24. The summed E-state index contributed by atoms with van der Waals surface area (Å²) in [5.74, 6) is 1.14. The van der Waals surface area contributed by atoms with Crippen molar-refractivity contribution in [2.75, 3.05) is 6.61 Å². The summed E-state index contributed by atoms with van der Waals surface area (Å²) in [5, 5.41) is 11.5. The minimum absolute atomic E-state index is 0.270. The van der Waals surface area contributed by atoms with Gasteiger partial charge in [0.25, 0.3) is 0 Å². The molecule has 1 aliphatic heterocycles. The molecule has 0 radical (unpaired) electrons. The van der Waals surface area contributed by atoms with E-state index in [2.05, 4.69) is 29.9 Å². The number of hydrogen-bond acceptors (Lipinski definition) is 5. The Hall–Kier alpha value is -3.19. The van der Waals surface area contributed by atoms with Crippen LogP contribution in [0.1, 0.15) is 17.2 Å². The molecular weight excluding hydrogens is 376 g/mol. The molecule has 1 aromatic carbocycles. The molecule has 1 atom stereocenters. The molecular formula is C20H17ClN6O. The maximum Gasteiger partial charge on any atom is 0.124 e. The fourth-order valence-electron chi connectivity index (χ4n) is 3.52. The Balaban J connectivity index is 1.39. The van der Waals surface area contributed by atoms with Crippen LogP contribution in [0.15, 0.2) is 49.1 Å². The summed E-state index contributed by atoms with van der Waals surface area (Å²) < 4.78 is 7.85. The van der Waals surface area contributed by atoms with E-state index >= 15 is 0 Å². The van der Waals surface area contributed by atoms with Crippen molar-refractivity contribution in [3.05, 3.63) is 65.3 Å². The smallest absolute Gasteiger partial charge is 0.124 e. The van der Waals surface area contributed by atoms with Crippen molar-refractivity contribution >= 4 is 11.6 Å². The lowest BCUT2D eigenvalue weighted by Crippen LogP contribution is -2.09. The molecule has 0 unspecified atom stereocenters. The molecule has 0 spiro atoms. The van der Waals surface area contributed by atoms with Crippen LogP contribution in [0.2, 0.25) is 5.02 Å². The van der Waals surface area contributed by atoms with Gasteiger partial charge in [-0.2, -0.15) is 0 Å². The Kier molecular flexibility index (Phi) is 4.09. The monoisotopic (exact) mass is 392 g/mol. The first-order valence-corrected chi connectivity index (χ1v) is 9.33. The highest BCUT2D eigenvalue weighted by molar-refractivity contribution is 6.30. The number of fused-ring (bicyclic) bond motifs is 1. The van der Waals surface area contributed by atoms with Crippen molar-refractivity contribution in [2.24, 2.45) is 0 Å². The van der Waals surface area contributed by atoms with E-state index in [1.165, 1.54) is 5.56 Å². The Bertz CT molecular complexity index is 1150. The Morgan fingerprint density at radius 3 is 3.00 bits per heavy atom. The predicted octanol–water partition coefficient (Wildman–Crippen LogP) is 3.87. The van der Waals surface area contributed by atoms with Gasteiger partial charge in [0.1, 0.15) is 17.1 Å². The third-order valence-corrected chi connectivity index (χ3v) is 5.17. The maximum atomic E-state index is 6.05. The second kappa shape index (κ2) is 6.76. The number of pyridine rings is 1. The van der Waals surface area contributed by atoms with Crippen LogP contribution in [-0.2, 0) is 6.54 Å². The number of benzene rings is 1. The van der Waals surface area contributed by atoms with Gasteiger partial charge in [-0.3, -0.25) is 10.1 Å². The second-order valence-corrected chi connectivity index (χ2v) is 7.30. The van der Waals surface area contributed by atoms with Gasteiger partial charge in [0, 0.05) is 41.0 Å². The normalized spacial score (nSPS) is 15.4. The number of aromatic amines is 1. The summed E-state index contributed by atoms with van der Waals surface area (Å²) in [6.45, 7) is 3.37. The van der Waals surface area contributed by atoms with Gasteiger partial charge in [-0.1, -0.05) is 22.9 Å². The van der Waals surface area contributed by atoms with Gasteiger partial charge in [0.15, 0.2) is 0 Å². The fourth-order valence-corrected chi connectivity index (χ4v) is 3.68.